The number of hydrogen-bond donors (Lipinski definition) is 3. The fraction of sp³-hybridized carbons (Fsp3) is 0.500. The highest BCUT2D eigenvalue weighted by Gasteiger charge is 2.16. The number of nitrogens with zero attached hydrogens (tertiary/aromatic N) is 1. The second-order valence-corrected chi connectivity index (χ2v) is 5.61. The summed E-state index contributed by atoms with van der Waals surface area (Å²) in [4.78, 5) is 16.0. The van der Waals surface area contributed by atoms with Gasteiger partial charge in [-0.25, -0.2) is 4.39 Å². The Bertz CT molecular complexity index is 535. The second-order valence-electron chi connectivity index (χ2n) is 5.61. The molecule has 1 saturated carbocycles. The van der Waals surface area contributed by atoms with Gasteiger partial charge in [-0.05, 0) is 36.5 Å². The van der Waals surface area contributed by atoms with Crippen molar-refractivity contribution in [3.8, 4) is 0 Å². The van der Waals surface area contributed by atoms with Crippen LogP contribution >= 0.6 is 24.0 Å². The van der Waals surface area contributed by atoms with E-state index in [0.29, 0.717) is 30.5 Å². The molecule has 0 aliphatic heterocycles. The molecule has 0 unspecified atom stereocenters. The number of carbonyl (C=O) groups excluding carboxylic acids is 1. The number of rotatable bonds is 7. The van der Waals surface area contributed by atoms with E-state index in [-0.39, 0.29) is 42.1 Å². The van der Waals surface area contributed by atoms with E-state index in [2.05, 4.69) is 15.6 Å². The molecule has 0 atom stereocenters. The van der Waals surface area contributed by atoms with E-state index >= 15 is 0 Å². The van der Waals surface area contributed by atoms with Crippen molar-refractivity contribution in [3.63, 3.8) is 0 Å². The minimum atomic E-state index is -0.331. The molecule has 0 saturated heterocycles. The first-order chi connectivity index (χ1) is 10.6. The van der Waals surface area contributed by atoms with Gasteiger partial charge < -0.3 is 16.4 Å². The van der Waals surface area contributed by atoms with Crippen molar-refractivity contribution in [3.05, 3.63) is 35.6 Å². The zero-order valence-electron chi connectivity index (χ0n) is 13.1. The summed E-state index contributed by atoms with van der Waals surface area (Å²) in [5.74, 6) is 0.636. The van der Waals surface area contributed by atoms with Crippen LogP contribution in [0.4, 0.5) is 4.39 Å². The number of hydrogen-bond acceptors (Lipinski definition) is 2. The van der Waals surface area contributed by atoms with Crippen LogP contribution in [0.3, 0.4) is 0 Å². The number of aliphatic imine (C=N–C) groups is 1. The molecule has 23 heavy (non-hydrogen) atoms. The third-order valence-corrected chi connectivity index (χ3v) is 3.75. The van der Waals surface area contributed by atoms with Crippen molar-refractivity contribution in [2.45, 2.75) is 25.7 Å². The zero-order chi connectivity index (χ0) is 15.8. The van der Waals surface area contributed by atoms with E-state index in [4.69, 9.17) is 5.73 Å². The Labute approximate surface area is 153 Å². The topological polar surface area (TPSA) is 79.5 Å². The van der Waals surface area contributed by atoms with Gasteiger partial charge in [0.1, 0.15) is 5.82 Å². The Morgan fingerprint density at radius 3 is 2.70 bits per heavy atom. The molecule has 5 nitrogen and oxygen atoms in total. The van der Waals surface area contributed by atoms with Crippen LogP contribution in [0, 0.1) is 11.7 Å². The van der Waals surface area contributed by atoms with Crippen LogP contribution < -0.4 is 16.4 Å². The van der Waals surface area contributed by atoms with E-state index in [1.54, 1.807) is 12.1 Å². The molecule has 7 heteroatoms. The summed E-state index contributed by atoms with van der Waals surface area (Å²) in [5.41, 5.74) is 6.40. The summed E-state index contributed by atoms with van der Waals surface area (Å²) < 4.78 is 13.0. The third kappa shape index (κ3) is 7.62. The Hall–Kier alpha value is -1.38. The van der Waals surface area contributed by atoms with E-state index in [1.807, 2.05) is 0 Å². The lowest BCUT2D eigenvalue weighted by Gasteiger charge is -2.23. The first-order valence-electron chi connectivity index (χ1n) is 7.68. The van der Waals surface area contributed by atoms with Gasteiger partial charge in [0, 0.05) is 19.6 Å². The molecule has 4 N–H and O–H groups in total. The van der Waals surface area contributed by atoms with Crippen LogP contribution in [-0.2, 0) is 11.2 Å². The van der Waals surface area contributed by atoms with Gasteiger partial charge in [0.25, 0.3) is 0 Å². The van der Waals surface area contributed by atoms with Crippen molar-refractivity contribution in [1.29, 1.82) is 0 Å². The first kappa shape index (κ1) is 19.7. The van der Waals surface area contributed by atoms with Gasteiger partial charge in [-0.2, -0.15) is 0 Å². The third-order valence-electron chi connectivity index (χ3n) is 3.75. The summed E-state index contributed by atoms with van der Waals surface area (Å²) in [6, 6.07) is 6.05. The molecule has 1 amide bonds. The maximum atomic E-state index is 13.0. The molecule has 1 aliphatic carbocycles. The van der Waals surface area contributed by atoms with Crippen molar-refractivity contribution >= 4 is 35.8 Å². The van der Waals surface area contributed by atoms with Crippen molar-refractivity contribution in [1.82, 2.24) is 10.6 Å². The van der Waals surface area contributed by atoms with Crippen LogP contribution in [0.25, 0.3) is 0 Å². The monoisotopic (exact) mass is 434 g/mol. The summed E-state index contributed by atoms with van der Waals surface area (Å²) in [6.45, 7) is 1.76. The number of guanidine groups is 1. The lowest BCUT2D eigenvalue weighted by Crippen LogP contribution is -2.39. The van der Waals surface area contributed by atoms with Gasteiger partial charge in [-0.3, -0.25) is 9.79 Å². The molecular formula is C16H24FIN4O. The van der Waals surface area contributed by atoms with E-state index < -0.39 is 0 Å². The molecule has 0 bridgehead atoms. The van der Waals surface area contributed by atoms with Gasteiger partial charge >= 0.3 is 0 Å². The molecule has 0 radical (unpaired) electrons. The summed E-state index contributed by atoms with van der Waals surface area (Å²) in [6.07, 6.45) is 3.95. The van der Waals surface area contributed by atoms with Gasteiger partial charge in [-0.1, -0.05) is 18.6 Å². The maximum absolute atomic E-state index is 13.0. The number of amides is 1. The number of nitrogens with two attached hydrogens (primary N) is 1. The average Bonchev–Trinajstić information content (AvgIpc) is 2.42. The molecular weight excluding hydrogens is 410 g/mol. The summed E-state index contributed by atoms with van der Waals surface area (Å²) in [5, 5.41) is 5.73. The maximum Gasteiger partial charge on any atom is 0.224 e. The SMILES string of the molecule is I.NC(=NCC1CCC1)NCCNC(=O)Cc1cccc(F)c1. The number of halogens is 2. The first-order valence-corrected chi connectivity index (χ1v) is 7.68. The smallest absolute Gasteiger partial charge is 0.224 e. The molecule has 0 spiro atoms. The Balaban J connectivity index is 0.00000264. The fourth-order valence-corrected chi connectivity index (χ4v) is 2.25. The highest BCUT2D eigenvalue weighted by molar-refractivity contribution is 14.0. The Kier molecular flexibility index (Phi) is 8.90. The quantitative estimate of drug-likeness (QED) is 0.265. The van der Waals surface area contributed by atoms with Crippen LogP contribution in [-0.4, -0.2) is 31.5 Å². The lowest BCUT2D eigenvalue weighted by atomic mass is 9.86. The number of nitrogens with one attached hydrogen (secondary N) is 2. The van der Waals surface area contributed by atoms with E-state index in [9.17, 15) is 9.18 Å². The largest absolute Gasteiger partial charge is 0.370 e. The van der Waals surface area contributed by atoms with Crippen molar-refractivity contribution in [2.75, 3.05) is 19.6 Å². The normalized spacial score (nSPS) is 14.6. The Morgan fingerprint density at radius 2 is 2.04 bits per heavy atom. The average molecular weight is 434 g/mol. The molecule has 2 rings (SSSR count). The van der Waals surface area contributed by atoms with Crippen molar-refractivity contribution < 1.29 is 9.18 Å². The molecule has 1 aliphatic rings. The van der Waals surface area contributed by atoms with Gasteiger partial charge in [0.2, 0.25) is 5.91 Å². The van der Waals surface area contributed by atoms with Crippen molar-refractivity contribution in [2.24, 2.45) is 16.6 Å². The standard InChI is InChI=1S/C16H23FN4O.HI/c17-14-6-2-5-13(9-14)10-15(22)19-7-8-20-16(18)21-11-12-3-1-4-12;/h2,5-6,9,12H,1,3-4,7-8,10-11H2,(H,19,22)(H3,18,20,21);1H. The predicted octanol–water partition coefficient (Wildman–Crippen LogP) is 1.81. The number of carbonyl (C=O) groups is 1. The predicted molar refractivity (Wildman–Crippen MR) is 100 cm³/mol. The number of benzene rings is 1. The van der Waals surface area contributed by atoms with Gasteiger partial charge in [0.05, 0.1) is 6.42 Å². The summed E-state index contributed by atoms with van der Waals surface area (Å²) >= 11 is 0. The zero-order valence-corrected chi connectivity index (χ0v) is 15.4. The Morgan fingerprint density at radius 1 is 1.30 bits per heavy atom. The summed E-state index contributed by atoms with van der Waals surface area (Å²) in [7, 11) is 0. The van der Waals surface area contributed by atoms with E-state index in [0.717, 1.165) is 6.54 Å². The second kappa shape index (κ2) is 10.4. The molecule has 0 aromatic heterocycles. The molecule has 1 aromatic carbocycles. The highest BCUT2D eigenvalue weighted by atomic mass is 127. The van der Waals surface area contributed by atoms with Crippen LogP contribution in [0.5, 0.6) is 0 Å². The molecule has 128 valence electrons. The molecule has 0 heterocycles. The van der Waals surface area contributed by atoms with Gasteiger partial charge in [0.15, 0.2) is 5.96 Å². The highest BCUT2D eigenvalue weighted by Crippen LogP contribution is 2.26. The van der Waals surface area contributed by atoms with Crippen LogP contribution in [0.1, 0.15) is 24.8 Å². The van der Waals surface area contributed by atoms with E-state index in [1.165, 1.54) is 31.4 Å². The van der Waals surface area contributed by atoms with Gasteiger partial charge in [-0.15, -0.1) is 24.0 Å². The molecule has 1 aromatic rings. The lowest BCUT2D eigenvalue weighted by molar-refractivity contribution is -0.120. The fourth-order valence-electron chi connectivity index (χ4n) is 2.25. The van der Waals surface area contributed by atoms with Crippen LogP contribution in [0.15, 0.2) is 29.3 Å². The minimum Gasteiger partial charge on any atom is -0.370 e. The molecule has 1 fully saturated rings. The minimum absolute atomic E-state index is 0. The van der Waals surface area contributed by atoms with Crippen LogP contribution in [0.2, 0.25) is 0 Å².